The number of benzene rings is 1. The Labute approximate surface area is 115 Å². The Bertz CT molecular complexity index is 619. The second kappa shape index (κ2) is 4.70. The van der Waals surface area contributed by atoms with E-state index in [-0.39, 0.29) is 0 Å². The lowest BCUT2D eigenvalue weighted by Gasteiger charge is -2.24. The van der Waals surface area contributed by atoms with Crippen LogP contribution in [0.3, 0.4) is 0 Å². The average Bonchev–Trinajstić information content (AvgIpc) is 2.83. The molecule has 19 heavy (non-hydrogen) atoms. The van der Waals surface area contributed by atoms with E-state index in [1.807, 2.05) is 16.7 Å². The Morgan fingerprint density at radius 3 is 2.79 bits per heavy atom. The van der Waals surface area contributed by atoms with Gasteiger partial charge in [0.2, 0.25) is 0 Å². The van der Waals surface area contributed by atoms with E-state index in [0.29, 0.717) is 17.3 Å². The first kappa shape index (κ1) is 12.2. The highest BCUT2D eigenvalue weighted by Crippen LogP contribution is 2.31. The van der Waals surface area contributed by atoms with Crippen molar-refractivity contribution in [3.8, 4) is 11.4 Å². The van der Waals surface area contributed by atoms with E-state index in [0.717, 1.165) is 24.1 Å². The quantitative estimate of drug-likeness (QED) is 0.917. The van der Waals surface area contributed by atoms with Crippen molar-refractivity contribution in [2.45, 2.75) is 25.3 Å². The molecule has 0 saturated heterocycles. The van der Waals surface area contributed by atoms with Gasteiger partial charge >= 0.3 is 5.97 Å². The van der Waals surface area contributed by atoms with E-state index in [2.05, 4.69) is 4.98 Å². The van der Waals surface area contributed by atoms with Crippen LogP contribution in [-0.4, -0.2) is 20.6 Å². The van der Waals surface area contributed by atoms with E-state index in [1.165, 1.54) is 0 Å². The van der Waals surface area contributed by atoms with Crippen LogP contribution in [0, 0.1) is 0 Å². The molecule has 1 N–H and O–H groups in total. The standard InChI is InChI=1S/C14H13ClN2O2/c15-10-6-4-9(5-7-10)13-16-8-11-2-1-3-12(14(18)19)17(11)13/h4-8,12H,1-3H2,(H,18,19). The number of aromatic nitrogens is 2. The van der Waals surface area contributed by atoms with Crippen LogP contribution in [0.4, 0.5) is 0 Å². The fraction of sp³-hybridized carbons (Fsp3) is 0.286. The number of nitrogens with zero attached hydrogens (tertiary/aromatic N) is 2. The van der Waals surface area contributed by atoms with E-state index in [4.69, 9.17) is 11.6 Å². The highest BCUT2D eigenvalue weighted by atomic mass is 35.5. The zero-order chi connectivity index (χ0) is 13.4. The molecule has 1 unspecified atom stereocenters. The van der Waals surface area contributed by atoms with Gasteiger partial charge < -0.3 is 9.67 Å². The van der Waals surface area contributed by atoms with Gasteiger partial charge in [-0.2, -0.15) is 0 Å². The molecule has 0 saturated carbocycles. The Morgan fingerprint density at radius 2 is 2.11 bits per heavy atom. The van der Waals surface area contributed by atoms with Crippen molar-refractivity contribution in [2.75, 3.05) is 0 Å². The predicted molar refractivity (Wildman–Crippen MR) is 72.3 cm³/mol. The first-order chi connectivity index (χ1) is 9.16. The fourth-order valence-corrected chi connectivity index (χ4v) is 2.71. The number of hydrogen-bond acceptors (Lipinski definition) is 2. The molecule has 0 radical (unpaired) electrons. The minimum Gasteiger partial charge on any atom is -0.480 e. The fourth-order valence-electron chi connectivity index (χ4n) is 2.58. The van der Waals surface area contributed by atoms with Crippen LogP contribution in [0.15, 0.2) is 30.5 Å². The minimum absolute atomic E-state index is 0.517. The van der Waals surface area contributed by atoms with Gasteiger partial charge in [-0.3, -0.25) is 0 Å². The summed E-state index contributed by atoms with van der Waals surface area (Å²) in [7, 11) is 0. The van der Waals surface area contributed by atoms with Gasteiger partial charge in [0.1, 0.15) is 11.9 Å². The van der Waals surface area contributed by atoms with Gasteiger partial charge in [0, 0.05) is 22.5 Å². The van der Waals surface area contributed by atoms with Crippen molar-refractivity contribution in [1.82, 2.24) is 9.55 Å². The SMILES string of the molecule is O=C(O)C1CCCc2cnc(-c3ccc(Cl)cc3)n21. The summed E-state index contributed by atoms with van der Waals surface area (Å²) in [6.45, 7) is 0. The van der Waals surface area contributed by atoms with E-state index in [9.17, 15) is 9.90 Å². The first-order valence-corrected chi connectivity index (χ1v) is 6.59. The van der Waals surface area contributed by atoms with Crippen LogP contribution in [-0.2, 0) is 11.2 Å². The molecule has 2 heterocycles. The maximum absolute atomic E-state index is 11.4. The normalized spacial score (nSPS) is 18.1. The molecule has 0 aliphatic carbocycles. The summed E-state index contributed by atoms with van der Waals surface area (Å²) in [4.78, 5) is 15.8. The number of carbonyl (C=O) groups is 1. The molecule has 1 aromatic carbocycles. The smallest absolute Gasteiger partial charge is 0.326 e. The third-order valence-electron chi connectivity index (χ3n) is 3.48. The van der Waals surface area contributed by atoms with Crippen molar-refractivity contribution in [2.24, 2.45) is 0 Å². The zero-order valence-electron chi connectivity index (χ0n) is 10.2. The van der Waals surface area contributed by atoms with Gasteiger partial charge in [0.25, 0.3) is 0 Å². The summed E-state index contributed by atoms with van der Waals surface area (Å²) in [6.07, 6.45) is 4.20. The van der Waals surface area contributed by atoms with Gasteiger partial charge in [-0.1, -0.05) is 11.6 Å². The molecule has 1 aromatic heterocycles. The lowest BCUT2D eigenvalue weighted by molar-refractivity contribution is -0.141. The second-order valence-corrected chi connectivity index (χ2v) is 5.13. The summed E-state index contributed by atoms with van der Waals surface area (Å²) in [6, 6.07) is 6.79. The van der Waals surface area contributed by atoms with Crippen molar-refractivity contribution in [3.05, 3.63) is 41.2 Å². The molecule has 2 aromatic rings. The first-order valence-electron chi connectivity index (χ1n) is 6.21. The maximum Gasteiger partial charge on any atom is 0.326 e. The van der Waals surface area contributed by atoms with Gasteiger partial charge in [0.05, 0.1) is 0 Å². The third-order valence-corrected chi connectivity index (χ3v) is 3.74. The lowest BCUT2D eigenvalue weighted by Crippen LogP contribution is -2.25. The molecule has 1 atom stereocenters. The summed E-state index contributed by atoms with van der Waals surface area (Å²) in [5.41, 5.74) is 1.88. The number of halogens is 1. The maximum atomic E-state index is 11.4. The number of rotatable bonds is 2. The molecular weight excluding hydrogens is 264 g/mol. The van der Waals surface area contributed by atoms with Crippen LogP contribution < -0.4 is 0 Å². The van der Waals surface area contributed by atoms with E-state index < -0.39 is 12.0 Å². The summed E-state index contributed by atoms with van der Waals surface area (Å²) >= 11 is 5.87. The monoisotopic (exact) mass is 276 g/mol. The van der Waals surface area contributed by atoms with Gasteiger partial charge in [-0.25, -0.2) is 9.78 Å². The van der Waals surface area contributed by atoms with Crippen LogP contribution in [0.25, 0.3) is 11.4 Å². The number of fused-ring (bicyclic) bond motifs is 1. The topological polar surface area (TPSA) is 55.1 Å². The van der Waals surface area contributed by atoms with Crippen molar-refractivity contribution >= 4 is 17.6 Å². The molecular formula is C14H13ClN2O2. The minimum atomic E-state index is -0.797. The summed E-state index contributed by atoms with van der Waals surface area (Å²) < 4.78 is 1.84. The summed E-state index contributed by atoms with van der Waals surface area (Å²) in [5.74, 6) is -0.0899. The number of aliphatic carboxylic acids is 1. The zero-order valence-corrected chi connectivity index (χ0v) is 11.0. The molecule has 1 aliphatic rings. The lowest BCUT2D eigenvalue weighted by atomic mass is 10.0. The Hall–Kier alpha value is -1.81. The molecule has 4 nitrogen and oxygen atoms in total. The number of hydrogen-bond donors (Lipinski definition) is 1. The van der Waals surface area contributed by atoms with Gasteiger partial charge in [-0.15, -0.1) is 0 Å². The molecule has 0 amide bonds. The van der Waals surface area contributed by atoms with Crippen molar-refractivity contribution in [3.63, 3.8) is 0 Å². The van der Waals surface area contributed by atoms with Crippen LogP contribution in [0.1, 0.15) is 24.6 Å². The van der Waals surface area contributed by atoms with Crippen molar-refractivity contribution < 1.29 is 9.90 Å². The molecule has 98 valence electrons. The number of aryl methyl sites for hydroxylation is 1. The van der Waals surface area contributed by atoms with Crippen LogP contribution in [0.5, 0.6) is 0 Å². The highest BCUT2D eigenvalue weighted by molar-refractivity contribution is 6.30. The highest BCUT2D eigenvalue weighted by Gasteiger charge is 2.28. The number of imidazole rings is 1. The van der Waals surface area contributed by atoms with Crippen LogP contribution in [0.2, 0.25) is 5.02 Å². The van der Waals surface area contributed by atoms with Gasteiger partial charge in [-0.05, 0) is 43.5 Å². The van der Waals surface area contributed by atoms with E-state index >= 15 is 0 Å². The Balaban J connectivity index is 2.11. The third kappa shape index (κ3) is 2.12. The largest absolute Gasteiger partial charge is 0.480 e. The predicted octanol–water partition coefficient (Wildman–Crippen LogP) is 3.17. The van der Waals surface area contributed by atoms with E-state index in [1.54, 1.807) is 18.3 Å². The second-order valence-electron chi connectivity index (χ2n) is 4.70. The molecule has 0 bridgehead atoms. The Morgan fingerprint density at radius 1 is 1.37 bits per heavy atom. The number of carboxylic acid groups (broad SMARTS) is 1. The summed E-state index contributed by atoms with van der Waals surface area (Å²) in [5, 5.41) is 10.0. The molecule has 3 rings (SSSR count). The Kier molecular flexibility index (Phi) is 3.03. The molecule has 1 aliphatic heterocycles. The van der Waals surface area contributed by atoms with Crippen LogP contribution >= 0.6 is 11.6 Å². The average molecular weight is 277 g/mol. The molecule has 5 heteroatoms. The van der Waals surface area contributed by atoms with Crippen molar-refractivity contribution in [1.29, 1.82) is 0 Å². The van der Waals surface area contributed by atoms with Gasteiger partial charge in [0.15, 0.2) is 0 Å². The molecule has 0 fully saturated rings. The molecule has 0 spiro atoms. The number of carboxylic acids is 1.